The second kappa shape index (κ2) is 10.3. The first-order valence-electron chi connectivity index (χ1n) is 9.86. The number of nitrogens with two attached hydrogens (primary N) is 1. The molecule has 0 spiro atoms. The van der Waals surface area contributed by atoms with E-state index in [-0.39, 0.29) is 11.7 Å². The van der Waals surface area contributed by atoms with Gasteiger partial charge in [0.2, 0.25) is 5.91 Å². The van der Waals surface area contributed by atoms with Gasteiger partial charge in [-0.1, -0.05) is 39.5 Å². The second-order valence-corrected chi connectivity index (χ2v) is 7.05. The number of aromatic amines is 1. The summed E-state index contributed by atoms with van der Waals surface area (Å²) in [6.45, 7) is 5.86. The largest absolute Gasteiger partial charge is 0.361 e. The average molecular weight is 362 g/mol. The van der Waals surface area contributed by atoms with Crippen LogP contribution in [0.3, 0.4) is 0 Å². The van der Waals surface area contributed by atoms with Crippen molar-refractivity contribution in [3.05, 3.63) is 35.8 Å². The SMILES string of the molecule is CCCCCN(CCCCC)C(=O)C(N)Cc1c[nH]c2ccc(F)cc12. The highest BCUT2D eigenvalue weighted by Gasteiger charge is 2.22. The van der Waals surface area contributed by atoms with Crippen molar-refractivity contribution in [3.63, 3.8) is 0 Å². The number of halogens is 1. The molecule has 5 heteroatoms. The number of amides is 1. The van der Waals surface area contributed by atoms with Crippen LogP contribution >= 0.6 is 0 Å². The van der Waals surface area contributed by atoms with Gasteiger partial charge in [0.25, 0.3) is 0 Å². The normalized spacial score (nSPS) is 12.5. The number of carbonyl (C=O) groups is 1. The molecule has 0 aliphatic heterocycles. The third kappa shape index (κ3) is 5.56. The lowest BCUT2D eigenvalue weighted by atomic mass is 10.0. The van der Waals surface area contributed by atoms with Crippen LogP contribution in [0.5, 0.6) is 0 Å². The topological polar surface area (TPSA) is 62.1 Å². The Kier molecular flexibility index (Phi) is 8.10. The van der Waals surface area contributed by atoms with E-state index in [0.29, 0.717) is 6.42 Å². The van der Waals surface area contributed by atoms with Gasteiger partial charge in [-0.2, -0.15) is 0 Å². The molecule has 0 aliphatic carbocycles. The Labute approximate surface area is 155 Å². The van der Waals surface area contributed by atoms with Crippen molar-refractivity contribution in [2.75, 3.05) is 13.1 Å². The lowest BCUT2D eigenvalue weighted by Crippen LogP contribution is -2.45. The summed E-state index contributed by atoms with van der Waals surface area (Å²) in [5.74, 6) is -0.276. The Morgan fingerprint density at radius 1 is 1.15 bits per heavy atom. The molecule has 0 saturated heterocycles. The summed E-state index contributed by atoms with van der Waals surface area (Å²) < 4.78 is 13.5. The molecule has 2 aromatic rings. The highest BCUT2D eigenvalue weighted by molar-refractivity contribution is 5.86. The molecule has 26 heavy (non-hydrogen) atoms. The number of hydrogen-bond donors (Lipinski definition) is 2. The van der Waals surface area contributed by atoms with Crippen LogP contribution in [0, 0.1) is 5.82 Å². The maximum atomic E-state index is 13.5. The summed E-state index contributed by atoms with van der Waals surface area (Å²) in [5.41, 5.74) is 8.00. The maximum Gasteiger partial charge on any atom is 0.239 e. The van der Waals surface area contributed by atoms with E-state index in [1.807, 2.05) is 11.1 Å². The maximum absolute atomic E-state index is 13.5. The number of fused-ring (bicyclic) bond motifs is 1. The average Bonchev–Trinajstić information content (AvgIpc) is 3.02. The molecule has 1 unspecified atom stereocenters. The van der Waals surface area contributed by atoms with Crippen molar-refractivity contribution in [1.82, 2.24) is 9.88 Å². The van der Waals surface area contributed by atoms with Crippen LogP contribution in [-0.4, -0.2) is 34.9 Å². The van der Waals surface area contributed by atoms with Crippen LogP contribution < -0.4 is 5.73 Å². The highest BCUT2D eigenvalue weighted by atomic mass is 19.1. The summed E-state index contributed by atoms with van der Waals surface area (Å²) >= 11 is 0. The second-order valence-electron chi connectivity index (χ2n) is 7.05. The van der Waals surface area contributed by atoms with E-state index < -0.39 is 6.04 Å². The fourth-order valence-electron chi connectivity index (χ4n) is 3.32. The number of H-pyrrole nitrogens is 1. The zero-order chi connectivity index (χ0) is 18.9. The minimum atomic E-state index is -0.597. The number of rotatable bonds is 11. The number of nitrogens with zero attached hydrogens (tertiary/aromatic N) is 1. The molecule has 0 radical (unpaired) electrons. The minimum absolute atomic E-state index is 0.00274. The number of nitrogens with one attached hydrogen (secondary N) is 1. The smallest absolute Gasteiger partial charge is 0.239 e. The third-order valence-electron chi connectivity index (χ3n) is 4.86. The Hall–Kier alpha value is -1.88. The Morgan fingerprint density at radius 2 is 1.81 bits per heavy atom. The van der Waals surface area contributed by atoms with Gasteiger partial charge in [0.15, 0.2) is 0 Å². The monoisotopic (exact) mass is 361 g/mol. The Balaban J connectivity index is 2.04. The number of hydrogen-bond acceptors (Lipinski definition) is 2. The van der Waals surface area contributed by atoms with Crippen molar-refractivity contribution >= 4 is 16.8 Å². The highest BCUT2D eigenvalue weighted by Crippen LogP contribution is 2.21. The Bertz CT molecular complexity index is 688. The number of unbranched alkanes of at least 4 members (excludes halogenated alkanes) is 4. The van der Waals surface area contributed by atoms with Crippen LogP contribution in [0.1, 0.15) is 57.9 Å². The van der Waals surface area contributed by atoms with E-state index in [4.69, 9.17) is 5.73 Å². The molecular formula is C21H32FN3O. The molecule has 0 bridgehead atoms. The molecule has 2 rings (SSSR count). The standard InChI is InChI=1S/C21H32FN3O/c1-3-5-7-11-25(12-8-6-4-2)21(26)19(23)13-16-15-24-20-10-9-17(22)14-18(16)20/h9-10,14-15,19,24H,3-8,11-13,23H2,1-2H3. The molecule has 3 N–H and O–H groups in total. The fourth-order valence-corrected chi connectivity index (χ4v) is 3.32. The molecule has 1 aromatic carbocycles. The number of aromatic nitrogens is 1. The van der Waals surface area contributed by atoms with Crippen molar-refractivity contribution < 1.29 is 9.18 Å². The zero-order valence-corrected chi connectivity index (χ0v) is 16.1. The predicted octanol–water partition coefficient (Wildman–Crippen LogP) is 4.39. The molecule has 0 saturated carbocycles. The van der Waals surface area contributed by atoms with Gasteiger partial charge in [0.1, 0.15) is 5.82 Å². The van der Waals surface area contributed by atoms with Gasteiger partial charge in [-0.05, 0) is 43.0 Å². The van der Waals surface area contributed by atoms with Crippen LogP contribution in [-0.2, 0) is 11.2 Å². The number of carbonyl (C=O) groups excluding carboxylic acids is 1. The van der Waals surface area contributed by atoms with Crippen LogP contribution in [0.4, 0.5) is 4.39 Å². The molecule has 4 nitrogen and oxygen atoms in total. The van der Waals surface area contributed by atoms with Gasteiger partial charge in [-0.3, -0.25) is 4.79 Å². The predicted molar refractivity (Wildman–Crippen MR) is 106 cm³/mol. The van der Waals surface area contributed by atoms with Gasteiger partial charge in [0.05, 0.1) is 6.04 Å². The van der Waals surface area contributed by atoms with E-state index in [9.17, 15) is 9.18 Å². The lowest BCUT2D eigenvalue weighted by molar-refractivity contribution is -0.132. The molecule has 144 valence electrons. The fraction of sp³-hybridized carbons (Fsp3) is 0.571. The van der Waals surface area contributed by atoms with E-state index in [1.54, 1.807) is 6.07 Å². The van der Waals surface area contributed by atoms with E-state index in [2.05, 4.69) is 18.8 Å². The van der Waals surface area contributed by atoms with Crippen molar-refractivity contribution in [1.29, 1.82) is 0 Å². The van der Waals surface area contributed by atoms with E-state index in [1.165, 1.54) is 12.1 Å². The van der Waals surface area contributed by atoms with Crippen molar-refractivity contribution in [3.8, 4) is 0 Å². The van der Waals surface area contributed by atoms with Crippen molar-refractivity contribution in [2.45, 2.75) is 64.8 Å². The lowest BCUT2D eigenvalue weighted by Gasteiger charge is -2.26. The Morgan fingerprint density at radius 3 is 2.42 bits per heavy atom. The summed E-state index contributed by atoms with van der Waals surface area (Å²) in [4.78, 5) is 17.9. The molecular weight excluding hydrogens is 329 g/mol. The van der Waals surface area contributed by atoms with Crippen LogP contribution in [0.25, 0.3) is 10.9 Å². The molecule has 1 heterocycles. The van der Waals surface area contributed by atoms with Gasteiger partial charge < -0.3 is 15.6 Å². The first-order valence-corrected chi connectivity index (χ1v) is 9.86. The summed E-state index contributed by atoms with van der Waals surface area (Å²) in [7, 11) is 0. The summed E-state index contributed by atoms with van der Waals surface area (Å²) in [5, 5.41) is 0.803. The summed E-state index contributed by atoms with van der Waals surface area (Å²) in [6.07, 6.45) is 8.77. The van der Waals surface area contributed by atoms with Crippen LogP contribution in [0.2, 0.25) is 0 Å². The molecule has 1 atom stereocenters. The van der Waals surface area contributed by atoms with Crippen molar-refractivity contribution in [2.24, 2.45) is 5.73 Å². The first kappa shape index (κ1) is 20.4. The van der Waals surface area contributed by atoms with Crippen LogP contribution in [0.15, 0.2) is 24.4 Å². The molecule has 1 aromatic heterocycles. The molecule has 1 amide bonds. The van der Waals surface area contributed by atoms with E-state index in [0.717, 1.165) is 68.1 Å². The van der Waals surface area contributed by atoms with Gasteiger partial charge in [0, 0.05) is 30.2 Å². The molecule has 0 aliphatic rings. The summed E-state index contributed by atoms with van der Waals surface area (Å²) in [6, 6.07) is 4.04. The molecule has 0 fully saturated rings. The quantitative estimate of drug-likeness (QED) is 0.583. The number of benzene rings is 1. The first-order chi connectivity index (χ1) is 12.6. The third-order valence-corrected chi connectivity index (χ3v) is 4.86. The van der Waals surface area contributed by atoms with Gasteiger partial charge in [-0.25, -0.2) is 4.39 Å². The van der Waals surface area contributed by atoms with Gasteiger partial charge >= 0.3 is 0 Å². The van der Waals surface area contributed by atoms with E-state index >= 15 is 0 Å². The van der Waals surface area contributed by atoms with Gasteiger partial charge in [-0.15, -0.1) is 0 Å². The minimum Gasteiger partial charge on any atom is -0.361 e. The zero-order valence-electron chi connectivity index (χ0n) is 16.1.